The van der Waals surface area contributed by atoms with Crippen molar-refractivity contribution in [2.75, 3.05) is 19.8 Å². The molecule has 3 nitrogen and oxygen atoms in total. The van der Waals surface area contributed by atoms with Gasteiger partial charge in [0, 0.05) is 19.6 Å². The molecule has 0 heterocycles. The summed E-state index contributed by atoms with van der Waals surface area (Å²) in [4.78, 5) is 9.82. The van der Waals surface area contributed by atoms with E-state index >= 15 is 0 Å². The van der Waals surface area contributed by atoms with Gasteiger partial charge in [-0.15, -0.1) is 0 Å². The van der Waals surface area contributed by atoms with Crippen LogP contribution in [0, 0.1) is 0 Å². The van der Waals surface area contributed by atoms with Gasteiger partial charge in [-0.1, -0.05) is 45.4 Å². The number of hydrogen-bond acceptors (Lipinski definition) is 3. The van der Waals surface area contributed by atoms with Crippen molar-refractivity contribution in [2.45, 2.75) is 58.3 Å². The molecule has 0 aliphatic heterocycles. The molecule has 0 saturated carbocycles. The normalized spacial score (nSPS) is 10.3. The Balaban J connectivity index is 2.85. The lowest BCUT2D eigenvalue weighted by Crippen LogP contribution is -2.01. The van der Waals surface area contributed by atoms with Crippen LogP contribution in [0.1, 0.15) is 58.3 Å². The van der Waals surface area contributed by atoms with Gasteiger partial charge in [0.25, 0.3) is 6.47 Å². The monoisotopic (exact) mass is 230 g/mol. The Hall–Kier alpha value is -0.570. The summed E-state index contributed by atoms with van der Waals surface area (Å²) in [6.45, 7) is 4.73. The van der Waals surface area contributed by atoms with Crippen LogP contribution in [0.3, 0.4) is 0 Å². The van der Waals surface area contributed by atoms with Crippen LogP contribution in [0.2, 0.25) is 0 Å². The summed E-state index contributed by atoms with van der Waals surface area (Å²) in [6.07, 6.45) is 9.97. The molecule has 0 aliphatic carbocycles. The van der Waals surface area contributed by atoms with E-state index in [0.29, 0.717) is 19.7 Å². The summed E-state index contributed by atoms with van der Waals surface area (Å²) in [5.74, 6) is 0. The van der Waals surface area contributed by atoms with Gasteiger partial charge in [0.05, 0.1) is 6.61 Å². The van der Waals surface area contributed by atoms with Crippen LogP contribution in [0.15, 0.2) is 0 Å². The standard InChI is InChI=1S/C13H26O3/c1-2-3-4-5-6-7-8-10-15-11-9-12-16-13-14/h13H,2-12H2,1H3. The first kappa shape index (κ1) is 15.4. The second kappa shape index (κ2) is 14.4. The minimum Gasteiger partial charge on any atom is -0.468 e. The van der Waals surface area contributed by atoms with Gasteiger partial charge in [-0.25, -0.2) is 0 Å². The van der Waals surface area contributed by atoms with Crippen LogP contribution in [0.4, 0.5) is 0 Å². The maximum atomic E-state index is 9.82. The third-order valence-electron chi connectivity index (χ3n) is 2.51. The van der Waals surface area contributed by atoms with Crippen LogP contribution in [0.5, 0.6) is 0 Å². The van der Waals surface area contributed by atoms with E-state index in [1.54, 1.807) is 0 Å². The molecule has 0 aromatic heterocycles. The second-order valence-corrected chi connectivity index (χ2v) is 4.05. The lowest BCUT2D eigenvalue weighted by molar-refractivity contribution is -0.129. The van der Waals surface area contributed by atoms with Crippen LogP contribution >= 0.6 is 0 Å². The van der Waals surface area contributed by atoms with E-state index < -0.39 is 0 Å². The van der Waals surface area contributed by atoms with E-state index in [9.17, 15) is 4.79 Å². The predicted octanol–water partition coefficient (Wildman–Crippen LogP) is 3.32. The molecule has 0 bridgehead atoms. The molecule has 0 unspecified atom stereocenters. The molecule has 0 rings (SSSR count). The Bertz CT molecular complexity index is 137. The van der Waals surface area contributed by atoms with Crippen LogP contribution in [-0.2, 0) is 14.3 Å². The van der Waals surface area contributed by atoms with Gasteiger partial charge in [-0.2, -0.15) is 0 Å². The van der Waals surface area contributed by atoms with Gasteiger partial charge in [-0.05, 0) is 6.42 Å². The van der Waals surface area contributed by atoms with Gasteiger partial charge in [-0.3, -0.25) is 4.79 Å². The maximum absolute atomic E-state index is 9.82. The number of carbonyl (C=O) groups is 1. The van der Waals surface area contributed by atoms with Crippen molar-refractivity contribution in [1.82, 2.24) is 0 Å². The molecule has 0 spiro atoms. The predicted molar refractivity (Wildman–Crippen MR) is 65.4 cm³/mol. The van der Waals surface area contributed by atoms with Crippen molar-refractivity contribution in [3.8, 4) is 0 Å². The molecule has 0 N–H and O–H groups in total. The first-order valence-electron chi connectivity index (χ1n) is 6.54. The highest BCUT2D eigenvalue weighted by atomic mass is 16.5. The third-order valence-corrected chi connectivity index (χ3v) is 2.51. The van der Waals surface area contributed by atoms with E-state index in [0.717, 1.165) is 19.4 Å². The largest absolute Gasteiger partial charge is 0.468 e. The van der Waals surface area contributed by atoms with Gasteiger partial charge in [0.1, 0.15) is 0 Å². The van der Waals surface area contributed by atoms with E-state index in [1.807, 2.05) is 0 Å². The van der Waals surface area contributed by atoms with E-state index in [-0.39, 0.29) is 0 Å². The number of ether oxygens (including phenoxy) is 2. The van der Waals surface area contributed by atoms with Crippen molar-refractivity contribution in [2.24, 2.45) is 0 Å². The minimum atomic E-state index is 0.473. The Morgan fingerprint density at radius 3 is 2.12 bits per heavy atom. The number of carbonyl (C=O) groups excluding carboxylic acids is 1. The van der Waals surface area contributed by atoms with Gasteiger partial charge in [0.15, 0.2) is 0 Å². The fourth-order valence-electron chi connectivity index (χ4n) is 1.56. The SMILES string of the molecule is CCCCCCCCCOCCCOC=O. The quantitative estimate of drug-likeness (QED) is 0.360. The zero-order chi connectivity index (χ0) is 11.9. The summed E-state index contributed by atoms with van der Waals surface area (Å²) in [5.41, 5.74) is 0. The molecule has 96 valence electrons. The number of unbranched alkanes of at least 4 members (excludes halogenated alkanes) is 6. The molecule has 16 heavy (non-hydrogen) atoms. The third kappa shape index (κ3) is 13.4. The van der Waals surface area contributed by atoms with Gasteiger partial charge >= 0.3 is 0 Å². The Kier molecular flexibility index (Phi) is 13.9. The fourth-order valence-corrected chi connectivity index (χ4v) is 1.56. The molecule has 0 radical (unpaired) electrons. The van der Waals surface area contributed by atoms with Crippen molar-refractivity contribution < 1.29 is 14.3 Å². The lowest BCUT2D eigenvalue weighted by Gasteiger charge is -2.03. The van der Waals surface area contributed by atoms with Crippen molar-refractivity contribution >= 4 is 6.47 Å². The zero-order valence-electron chi connectivity index (χ0n) is 10.6. The zero-order valence-corrected chi connectivity index (χ0v) is 10.6. The molecule has 3 heteroatoms. The van der Waals surface area contributed by atoms with Gasteiger partial charge in [0.2, 0.25) is 0 Å². The second-order valence-electron chi connectivity index (χ2n) is 4.05. The highest BCUT2D eigenvalue weighted by Crippen LogP contribution is 2.06. The molecule has 0 aliphatic rings. The Morgan fingerprint density at radius 1 is 0.812 bits per heavy atom. The molecule has 0 fully saturated rings. The number of hydrogen-bond donors (Lipinski definition) is 0. The van der Waals surface area contributed by atoms with E-state index in [4.69, 9.17) is 4.74 Å². The number of rotatable bonds is 13. The van der Waals surface area contributed by atoms with E-state index in [2.05, 4.69) is 11.7 Å². The topological polar surface area (TPSA) is 35.5 Å². The Morgan fingerprint density at radius 2 is 1.44 bits per heavy atom. The van der Waals surface area contributed by atoms with Crippen molar-refractivity contribution in [3.63, 3.8) is 0 Å². The van der Waals surface area contributed by atoms with Crippen molar-refractivity contribution in [3.05, 3.63) is 0 Å². The highest BCUT2D eigenvalue weighted by Gasteiger charge is 1.92. The lowest BCUT2D eigenvalue weighted by atomic mass is 10.1. The summed E-state index contributed by atoms with van der Waals surface area (Å²) in [6, 6.07) is 0. The van der Waals surface area contributed by atoms with Crippen LogP contribution < -0.4 is 0 Å². The molecular weight excluding hydrogens is 204 g/mol. The highest BCUT2D eigenvalue weighted by molar-refractivity contribution is 5.36. The molecule has 0 atom stereocenters. The minimum absolute atomic E-state index is 0.473. The first-order chi connectivity index (χ1) is 7.91. The summed E-state index contributed by atoms with van der Waals surface area (Å²) in [5, 5.41) is 0. The van der Waals surface area contributed by atoms with Crippen LogP contribution in [-0.4, -0.2) is 26.3 Å². The molecule has 0 aromatic carbocycles. The Labute approximate surface area is 99.5 Å². The summed E-state index contributed by atoms with van der Waals surface area (Å²) >= 11 is 0. The first-order valence-corrected chi connectivity index (χ1v) is 6.54. The molecule has 0 aromatic rings. The fraction of sp³-hybridized carbons (Fsp3) is 0.923. The van der Waals surface area contributed by atoms with E-state index in [1.165, 1.54) is 38.5 Å². The van der Waals surface area contributed by atoms with Crippen molar-refractivity contribution in [1.29, 1.82) is 0 Å². The smallest absolute Gasteiger partial charge is 0.293 e. The molecule has 0 saturated heterocycles. The average molecular weight is 230 g/mol. The summed E-state index contributed by atoms with van der Waals surface area (Å²) in [7, 11) is 0. The maximum Gasteiger partial charge on any atom is 0.293 e. The molecule has 0 amide bonds. The average Bonchev–Trinajstić information content (AvgIpc) is 2.31. The van der Waals surface area contributed by atoms with Crippen LogP contribution in [0.25, 0.3) is 0 Å². The van der Waals surface area contributed by atoms with Gasteiger partial charge < -0.3 is 9.47 Å². The summed E-state index contributed by atoms with van der Waals surface area (Å²) < 4.78 is 9.97. The molecular formula is C13H26O3.